The average Bonchev–Trinajstić information content (AvgIpc) is 2.35. The Kier molecular flexibility index (Phi) is 11.0. The SMILES string of the molecule is CCCCC(CC)C(CC(C)CC)NCCC. The molecule has 0 fully saturated rings. The summed E-state index contributed by atoms with van der Waals surface area (Å²) in [6, 6.07) is 0.751. The molecule has 104 valence electrons. The summed E-state index contributed by atoms with van der Waals surface area (Å²) in [6.45, 7) is 12.8. The van der Waals surface area contributed by atoms with Crippen molar-refractivity contribution < 1.29 is 0 Å². The molecule has 0 aliphatic heterocycles. The second kappa shape index (κ2) is 11.1. The van der Waals surface area contributed by atoms with Crippen LogP contribution in [0.25, 0.3) is 0 Å². The van der Waals surface area contributed by atoms with Crippen molar-refractivity contribution in [2.24, 2.45) is 11.8 Å². The standard InChI is InChI=1S/C16H35N/c1-6-10-11-15(9-4)16(17-12-7-2)13-14(5)8-3/h14-17H,6-13H2,1-5H3. The molecule has 0 bridgehead atoms. The highest BCUT2D eigenvalue weighted by molar-refractivity contribution is 4.77. The zero-order valence-electron chi connectivity index (χ0n) is 12.9. The van der Waals surface area contributed by atoms with E-state index in [1.807, 2.05) is 0 Å². The van der Waals surface area contributed by atoms with Crippen LogP contribution in [0.2, 0.25) is 0 Å². The summed E-state index contributed by atoms with van der Waals surface area (Å²) in [4.78, 5) is 0. The van der Waals surface area contributed by atoms with Gasteiger partial charge in [0, 0.05) is 6.04 Å². The summed E-state index contributed by atoms with van der Waals surface area (Å²) < 4.78 is 0. The lowest BCUT2D eigenvalue weighted by molar-refractivity contribution is 0.271. The molecule has 3 atom stereocenters. The molecule has 0 heterocycles. The minimum absolute atomic E-state index is 0.751. The molecule has 0 saturated heterocycles. The summed E-state index contributed by atoms with van der Waals surface area (Å²) in [7, 11) is 0. The van der Waals surface area contributed by atoms with Crippen LogP contribution in [0.4, 0.5) is 0 Å². The Labute approximate surface area is 110 Å². The lowest BCUT2D eigenvalue weighted by atomic mass is 9.85. The van der Waals surface area contributed by atoms with Crippen molar-refractivity contribution in [3.63, 3.8) is 0 Å². The molecule has 1 heteroatoms. The van der Waals surface area contributed by atoms with E-state index in [1.54, 1.807) is 0 Å². The van der Waals surface area contributed by atoms with Gasteiger partial charge in [0.15, 0.2) is 0 Å². The zero-order valence-corrected chi connectivity index (χ0v) is 12.9. The van der Waals surface area contributed by atoms with Gasteiger partial charge in [0.2, 0.25) is 0 Å². The van der Waals surface area contributed by atoms with Crippen LogP contribution in [0.15, 0.2) is 0 Å². The first-order valence-electron chi connectivity index (χ1n) is 7.92. The summed E-state index contributed by atoms with van der Waals surface area (Å²) in [6.07, 6.45) is 9.39. The second-order valence-electron chi connectivity index (χ2n) is 5.62. The van der Waals surface area contributed by atoms with E-state index in [2.05, 4.69) is 39.9 Å². The average molecular weight is 241 g/mol. The summed E-state index contributed by atoms with van der Waals surface area (Å²) >= 11 is 0. The maximum absolute atomic E-state index is 3.79. The number of unbranched alkanes of at least 4 members (excludes halogenated alkanes) is 1. The molecule has 0 rings (SSSR count). The summed E-state index contributed by atoms with van der Waals surface area (Å²) in [5, 5.41) is 3.79. The Hall–Kier alpha value is -0.0400. The largest absolute Gasteiger partial charge is 0.314 e. The molecular weight excluding hydrogens is 206 g/mol. The van der Waals surface area contributed by atoms with E-state index in [1.165, 1.54) is 51.5 Å². The lowest BCUT2D eigenvalue weighted by Crippen LogP contribution is -2.38. The highest BCUT2D eigenvalue weighted by Crippen LogP contribution is 2.23. The molecule has 0 radical (unpaired) electrons. The normalized spacial score (nSPS) is 16.8. The van der Waals surface area contributed by atoms with Crippen LogP contribution in [0.1, 0.15) is 79.6 Å². The van der Waals surface area contributed by atoms with E-state index >= 15 is 0 Å². The van der Waals surface area contributed by atoms with E-state index < -0.39 is 0 Å². The molecule has 1 N–H and O–H groups in total. The van der Waals surface area contributed by atoms with Crippen molar-refractivity contribution in [3.8, 4) is 0 Å². The van der Waals surface area contributed by atoms with Crippen LogP contribution in [0.3, 0.4) is 0 Å². The fraction of sp³-hybridized carbons (Fsp3) is 1.00. The Morgan fingerprint density at radius 3 is 2.12 bits per heavy atom. The van der Waals surface area contributed by atoms with E-state index in [0.717, 1.165) is 17.9 Å². The van der Waals surface area contributed by atoms with Crippen LogP contribution >= 0.6 is 0 Å². The highest BCUT2D eigenvalue weighted by Gasteiger charge is 2.20. The van der Waals surface area contributed by atoms with Crippen molar-refractivity contribution in [1.82, 2.24) is 5.32 Å². The van der Waals surface area contributed by atoms with Crippen molar-refractivity contribution in [1.29, 1.82) is 0 Å². The minimum atomic E-state index is 0.751. The third-order valence-corrected chi connectivity index (χ3v) is 4.03. The monoisotopic (exact) mass is 241 g/mol. The number of nitrogens with one attached hydrogen (secondary N) is 1. The fourth-order valence-electron chi connectivity index (χ4n) is 2.53. The highest BCUT2D eigenvalue weighted by atomic mass is 14.9. The molecule has 0 aromatic heterocycles. The lowest BCUT2D eigenvalue weighted by Gasteiger charge is -2.29. The van der Waals surface area contributed by atoms with Gasteiger partial charge in [0.25, 0.3) is 0 Å². The Balaban J connectivity index is 4.27. The molecule has 0 aliphatic carbocycles. The van der Waals surface area contributed by atoms with Gasteiger partial charge in [-0.25, -0.2) is 0 Å². The molecule has 0 aliphatic rings. The van der Waals surface area contributed by atoms with Gasteiger partial charge < -0.3 is 5.32 Å². The predicted octanol–water partition coefficient (Wildman–Crippen LogP) is 5.01. The van der Waals surface area contributed by atoms with E-state index in [4.69, 9.17) is 0 Å². The van der Waals surface area contributed by atoms with Gasteiger partial charge in [-0.1, -0.05) is 60.3 Å². The molecule has 0 aromatic rings. The van der Waals surface area contributed by atoms with Crippen LogP contribution < -0.4 is 5.32 Å². The smallest absolute Gasteiger partial charge is 0.00977 e. The Morgan fingerprint density at radius 1 is 0.941 bits per heavy atom. The Morgan fingerprint density at radius 2 is 1.65 bits per heavy atom. The molecule has 1 nitrogen and oxygen atoms in total. The molecule has 17 heavy (non-hydrogen) atoms. The molecule has 0 aromatic carbocycles. The topological polar surface area (TPSA) is 12.0 Å². The van der Waals surface area contributed by atoms with Gasteiger partial charge in [-0.05, 0) is 37.6 Å². The van der Waals surface area contributed by atoms with Crippen LogP contribution in [-0.2, 0) is 0 Å². The van der Waals surface area contributed by atoms with Crippen molar-refractivity contribution in [2.45, 2.75) is 85.6 Å². The van der Waals surface area contributed by atoms with Crippen LogP contribution in [0, 0.1) is 11.8 Å². The van der Waals surface area contributed by atoms with Gasteiger partial charge in [0.1, 0.15) is 0 Å². The van der Waals surface area contributed by atoms with Crippen molar-refractivity contribution in [2.75, 3.05) is 6.54 Å². The molecule has 0 spiro atoms. The first kappa shape index (κ1) is 17.0. The Bertz CT molecular complexity index is 156. The molecule has 3 unspecified atom stereocenters. The van der Waals surface area contributed by atoms with Gasteiger partial charge >= 0.3 is 0 Å². The second-order valence-corrected chi connectivity index (χ2v) is 5.62. The van der Waals surface area contributed by atoms with Crippen LogP contribution in [-0.4, -0.2) is 12.6 Å². The number of hydrogen-bond acceptors (Lipinski definition) is 1. The van der Waals surface area contributed by atoms with E-state index in [-0.39, 0.29) is 0 Å². The van der Waals surface area contributed by atoms with Gasteiger partial charge in [-0.3, -0.25) is 0 Å². The number of rotatable bonds is 11. The van der Waals surface area contributed by atoms with E-state index in [0.29, 0.717) is 0 Å². The third-order valence-electron chi connectivity index (χ3n) is 4.03. The molecule has 0 amide bonds. The summed E-state index contributed by atoms with van der Waals surface area (Å²) in [5.41, 5.74) is 0. The van der Waals surface area contributed by atoms with E-state index in [9.17, 15) is 0 Å². The first-order chi connectivity index (χ1) is 8.19. The number of hydrogen-bond donors (Lipinski definition) is 1. The predicted molar refractivity (Wildman–Crippen MR) is 79.5 cm³/mol. The molecule has 0 saturated carbocycles. The molecular formula is C16H35N. The van der Waals surface area contributed by atoms with Crippen LogP contribution in [0.5, 0.6) is 0 Å². The minimum Gasteiger partial charge on any atom is -0.314 e. The van der Waals surface area contributed by atoms with Crippen molar-refractivity contribution in [3.05, 3.63) is 0 Å². The third kappa shape index (κ3) is 7.81. The maximum atomic E-state index is 3.79. The first-order valence-corrected chi connectivity index (χ1v) is 7.92. The maximum Gasteiger partial charge on any atom is 0.00977 e. The van der Waals surface area contributed by atoms with Crippen molar-refractivity contribution >= 4 is 0 Å². The van der Waals surface area contributed by atoms with Gasteiger partial charge in [-0.15, -0.1) is 0 Å². The fourth-order valence-corrected chi connectivity index (χ4v) is 2.53. The van der Waals surface area contributed by atoms with Gasteiger partial charge in [-0.2, -0.15) is 0 Å². The summed E-state index contributed by atoms with van der Waals surface area (Å²) in [5.74, 6) is 1.75. The quantitative estimate of drug-likeness (QED) is 0.536. The zero-order chi connectivity index (χ0) is 13.1. The van der Waals surface area contributed by atoms with Gasteiger partial charge in [0.05, 0.1) is 0 Å².